The Balaban J connectivity index is 1.41. The van der Waals surface area contributed by atoms with E-state index in [0.29, 0.717) is 18.7 Å². The predicted molar refractivity (Wildman–Crippen MR) is 114 cm³/mol. The maximum Gasteiger partial charge on any atom is 0.251 e. The van der Waals surface area contributed by atoms with Gasteiger partial charge in [-0.05, 0) is 60.9 Å². The number of rotatable bonds is 6. The van der Waals surface area contributed by atoms with E-state index in [1.54, 1.807) is 45.5 Å². The highest BCUT2D eigenvalue weighted by Crippen LogP contribution is 2.21. The lowest BCUT2D eigenvalue weighted by Gasteiger charge is -2.26. The average molecular weight is 425 g/mol. The highest BCUT2D eigenvalue weighted by molar-refractivity contribution is 7.89. The van der Waals surface area contributed by atoms with E-state index in [9.17, 15) is 13.2 Å². The maximum atomic E-state index is 12.9. The molecule has 1 fully saturated rings. The lowest BCUT2D eigenvalue weighted by Crippen LogP contribution is -2.35. The Morgan fingerprint density at radius 2 is 1.77 bits per heavy atom. The molecule has 1 aliphatic rings. The molecule has 2 aromatic carbocycles. The standard InChI is InChI=1S/C22H24N4O3S/c27-22(19-8-10-20(11-9-19)26-15-5-12-24-26)23-17-18-6-4-7-21(16-18)30(28,29)25-13-2-1-3-14-25/h4-12,15-16H,1-3,13-14,17H2,(H,23,27). The minimum atomic E-state index is -3.49. The summed E-state index contributed by atoms with van der Waals surface area (Å²) in [7, 11) is -3.49. The van der Waals surface area contributed by atoms with Crippen molar-refractivity contribution in [2.24, 2.45) is 0 Å². The highest BCUT2D eigenvalue weighted by Gasteiger charge is 2.25. The van der Waals surface area contributed by atoms with Gasteiger partial charge >= 0.3 is 0 Å². The Bertz CT molecular complexity index is 1100. The van der Waals surface area contributed by atoms with Gasteiger partial charge in [0.2, 0.25) is 10.0 Å². The summed E-state index contributed by atoms with van der Waals surface area (Å²) in [5.74, 6) is -0.216. The zero-order valence-corrected chi connectivity index (χ0v) is 17.4. The van der Waals surface area contributed by atoms with Gasteiger partial charge in [-0.25, -0.2) is 13.1 Å². The molecule has 0 radical (unpaired) electrons. The second-order valence-electron chi connectivity index (χ2n) is 7.29. The number of benzene rings is 2. The fourth-order valence-electron chi connectivity index (χ4n) is 3.54. The minimum absolute atomic E-state index is 0.216. The van der Waals surface area contributed by atoms with Crippen molar-refractivity contribution in [3.63, 3.8) is 0 Å². The molecule has 4 rings (SSSR count). The number of carbonyl (C=O) groups excluding carboxylic acids is 1. The van der Waals surface area contributed by atoms with E-state index in [0.717, 1.165) is 30.5 Å². The van der Waals surface area contributed by atoms with Crippen molar-refractivity contribution in [1.29, 1.82) is 0 Å². The molecule has 0 bridgehead atoms. The van der Waals surface area contributed by atoms with Crippen molar-refractivity contribution in [2.75, 3.05) is 13.1 Å². The second kappa shape index (κ2) is 8.81. The second-order valence-corrected chi connectivity index (χ2v) is 9.23. The SMILES string of the molecule is O=C(NCc1cccc(S(=O)(=O)N2CCCCC2)c1)c1ccc(-n2cccn2)cc1. The van der Waals surface area contributed by atoms with Crippen LogP contribution in [0.15, 0.2) is 71.9 Å². The fourth-order valence-corrected chi connectivity index (χ4v) is 5.13. The van der Waals surface area contributed by atoms with Crippen LogP contribution in [0.25, 0.3) is 5.69 Å². The van der Waals surface area contributed by atoms with Crippen LogP contribution < -0.4 is 5.32 Å². The van der Waals surface area contributed by atoms with E-state index < -0.39 is 10.0 Å². The van der Waals surface area contributed by atoms with Gasteiger partial charge in [0.15, 0.2) is 0 Å². The van der Waals surface area contributed by atoms with Crippen LogP contribution in [0.2, 0.25) is 0 Å². The molecule has 30 heavy (non-hydrogen) atoms. The van der Waals surface area contributed by atoms with Gasteiger partial charge in [0.1, 0.15) is 0 Å². The lowest BCUT2D eigenvalue weighted by atomic mass is 10.2. The molecular weight excluding hydrogens is 400 g/mol. The highest BCUT2D eigenvalue weighted by atomic mass is 32.2. The van der Waals surface area contributed by atoms with Gasteiger partial charge < -0.3 is 5.32 Å². The first-order valence-corrected chi connectivity index (χ1v) is 11.5. The Labute approximate surface area is 176 Å². The van der Waals surface area contributed by atoms with E-state index in [2.05, 4.69) is 10.4 Å². The lowest BCUT2D eigenvalue weighted by molar-refractivity contribution is 0.0951. The third-order valence-electron chi connectivity index (χ3n) is 5.20. The molecular formula is C22H24N4O3S. The Kier molecular flexibility index (Phi) is 5.96. The van der Waals surface area contributed by atoms with E-state index >= 15 is 0 Å². The van der Waals surface area contributed by atoms with Gasteiger partial charge in [-0.15, -0.1) is 0 Å². The van der Waals surface area contributed by atoms with Gasteiger partial charge in [-0.1, -0.05) is 18.6 Å². The average Bonchev–Trinajstić information content (AvgIpc) is 3.33. The molecule has 2 heterocycles. The molecule has 1 aromatic heterocycles. The van der Waals surface area contributed by atoms with Crippen LogP contribution in [-0.2, 0) is 16.6 Å². The predicted octanol–water partition coefficient (Wildman–Crippen LogP) is 2.98. The third-order valence-corrected chi connectivity index (χ3v) is 7.10. The molecule has 0 atom stereocenters. The van der Waals surface area contributed by atoms with E-state index in [-0.39, 0.29) is 17.3 Å². The van der Waals surface area contributed by atoms with E-state index in [1.165, 1.54) is 0 Å². The smallest absolute Gasteiger partial charge is 0.251 e. The molecule has 8 heteroatoms. The number of aromatic nitrogens is 2. The van der Waals surface area contributed by atoms with Crippen LogP contribution in [-0.4, -0.2) is 41.5 Å². The first-order chi connectivity index (χ1) is 14.5. The summed E-state index contributed by atoms with van der Waals surface area (Å²) in [5, 5.41) is 7.02. The number of piperidine rings is 1. The van der Waals surface area contributed by atoms with Gasteiger partial charge in [0, 0.05) is 37.6 Å². The van der Waals surface area contributed by atoms with Crippen molar-refractivity contribution in [1.82, 2.24) is 19.4 Å². The molecule has 1 N–H and O–H groups in total. The fraction of sp³-hybridized carbons (Fsp3) is 0.273. The van der Waals surface area contributed by atoms with E-state index in [1.807, 2.05) is 30.5 Å². The zero-order valence-electron chi connectivity index (χ0n) is 16.6. The zero-order chi connectivity index (χ0) is 21.0. The summed E-state index contributed by atoms with van der Waals surface area (Å²) in [6, 6.07) is 15.8. The maximum absolute atomic E-state index is 12.9. The third kappa shape index (κ3) is 4.44. The Morgan fingerprint density at radius 1 is 1.00 bits per heavy atom. The van der Waals surface area contributed by atoms with Crippen molar-refractivity contribution in [3.05, 3.63) is 78.1 Å². The number of amides is 1. The molecule has 0 aliphatic carbocycles. The molecule has 0 spiro atoms. The molecule has 1 saturated heterocycles. The number of hydrogen-bond acceptors (Lipinski definition) is 4. The van der Waals surface area contributed by atoms with Crippen LogP contribution >= 0.6 is 0 Å². The summed E-state index contributed by atoms with van der Waals surface area (Å²) >= 11 is 0. The van der Waals surface area contributed by atoms with Crippen molar-refractivity contribution >= 4 is 15.9 Å². The van der Waals surface area contributed by atoms with Crippen LogP contribution in [0.1, 0.15) is 35.2 Å². The van der Waals surface area contributed by atoms with Gasteiger partial charge in [-0.2, -0.15) is 9.40 Å². The minimum Gasteiger partial charge on any atom is -0.348 e. The molecule has 156 valence electrons. The van der Waals surface area contributed by atoms with Gasteiger partial charge in [0.05, 0.1) is 10.6 Å². The summed E-state index contributed by atoms with van der Waals surface area (Å²) in [5.41, 5.74) is 2.14. The van der Waals surface area contributed by atoms with Crippen LogP contribution in [0.5, 0.6) is 0 Å². The van der Waals surface area contributed by atoms with Crippen molar-refractivity contribution < 1.29 is 13.2 Å². The normalized spacial score (nSPS) is 15.1. The number of carbonyl (C=O) groups is 1. The van der Waals surface area contributed by atoms with Gasteiger partial charge in [-0.3, -0.25) is 4.79 Å². The summed E-state index contributed by atoms with van der Waals surface area (Å²) in [4.78, 5) is 12.8. The molecule has 7 nitrogen and oxygen atoms in total. The monoisotopic (exact) mass is 424 g/mol. The van der Waals surface area contributed by atoms with Gasteiger partial charge in [0.25, 0.3) is 5.91 Å². The largest absolute Gasteiger partial charge is 0.348 e. The summed E-state index contributed by atoms with van der Waals surface area (Å²) < 4.78 is 29.0. The molecule has 1 amide bonds. The first-order valence-electron chi connectivity index (χ1n) is 10.0. The van der Waals surface area contributed by atoms with Crippen molar-refractivity contribution in [3.8, 4) is 5.69 Å². The first kappa shape index (κ1) is 20.3. The van der Waals surface area contributed by atoms with Crippen LogP contribution in [0, 0.1) is 0 Å². The van der Waals surface area contributed by atoms with Crippen LogP contribution in [0.4, 0.5) is 0 Å². The van der Waals surface area contributed by atoms with Crippen LogP contribution in [0.3, 0.4) is 0 Å². The molecule has 0 saturated carbocycles. The van der Waals surface area contributed by atoms with E-state index in [4.69, 9.17) is 0 Å². The number of nitrogens with zero attached hydrogens (tertiary/aromatic N) is 3. The number of nitrogens with one attached hydrogen (secondary N) is 1. The molecule has 1 aliphatic heterocycles. The summed E-state index contributed by atoms with van der Waals surface area (Å²) in [6.45, 7) is 1.39. The Hall–Kier alpha value is -2.97. The van der Waals surface area contributed by atoms with Crippen molar-refractivity contribution in [2.45, 2.75) is 30.7 Å². The number of hydrogen-bond donors (Lipinski definition) is 1. The number of sulfonamides is 1. The molecule has 3 aromatic rings. The quantitative estimate of drug-likeness (QED) is 0.659. The Morgan fingerprint density at radius 3 is 2.47 bits per heavy atom. The topological polar surface area (TPSA) is 84.3 Å². The summed E-state index contributed by atoms with van der Waals surface area (Å²) in [6.07, 6.45) is 6.39. The molecule has 0 unspecified atom stereocenters.